The van der Waals surface area contributed by atoms with Crippen LogP contribution in [0.15, 0.2) is 63.9 Å². The van der Waals surface area contributed by atoms with E-state index in [0.29, 0.717) is 26.5 Å². The highest BCUT2D eigenvalue weighted by Crippen LogP contribution is 2.34. The lowest BCUT2D eigenvalue weighted by Crippen LogP contribution is -2.42. The first-order valence-corrected chi connectivity index (χ1v) is 12.9. The number of amidine groups is 1. The van der Waals surface area contributed by atoms with E-state index in [9.17, 15) is 14.4 Å². The van der Waals surface area contributed by atoms with Crippen molar-refractivity contribution in [1.29, 1.82) is 0 Å². The molecule has 3 aromatic rings. The van der Waals surface area contributed by atoms with Crippen LogP contribution < -0.4 is 20.5 Å². The van der Waals surface area contributed by atoms with Crippen LogP contribution in [0, 0.1) is 0 Å². The Hall–Kier alpha value is -3.12. The second-order valence-corrected chi connectivity index (χ2v) is 9.94. The number of nitrogens with one attached hydrogen (secondary N) is 2. The number of nitrogens with zero attached hydrogens (tertiary/aromatic N) is 2. The van der Waals surface area contributed by atoms with Gasteiger partial charge < -0.3 is 4.74 Å². The summed E-state index contributed by atoms with van der Waals surface area (Å²) < 4.78 is 5.19. The van der Waals surface area contributed by atoms with Crippen LogP contribution in [-0.4, -0.2) is 35.8 Å². The van der Waals surface area contributed by atoms with E-state index >= 15 is 0 Å². The van der Waals surface area contributed by atoms with Crippen LogP contribution in [0.3, 0.4) is 0 Å². The van der Waals surface area contributed by atoms with Crippen molar-refractivity contribution in [2.24, 2.45) is 4.99 Å². The molecular formula is C22H17ClN4O4S3. The second kappa shape index (κ2) is 10.9. The Balaban J connectivity index is 1.50. The van der Waals surface area contributed by atoms with Crippen molar-refractivity contribution in [1.82, 2.24) is 10.9 Å². The van der Waals surface area contributed by atoms with Gasteiger partial charge in [0.25, 0.3) is 11.8 Å². The maximum Gasteiger partial charge on any atom is 0.283 e. The average Bonchev–Trinajstić information content (AvgIpc) is 3.59. The monoisotopic (exact) mass is 532 g/mol. The number of hydrazine groups is 1. The molecule has 3 heterocycles. The molecule has 0 atom stereocenters. The fourth-order valence-electron chi connectivity index (χ4n) is 2.89. The molecule has 0 saturated carbocycles. The van der Waals surface area contributed by atoms with Gasteiger partial charge in [-0.05, 0) is 47.2 Å². The Bertz CT molecular complexity index is 1270. The Morgan fingerprint density at radius 2 is 1.97 bits per heavy atom. The molecule has 0 spiro atoms. The van der Waals surface area contributed by atoms with Crippen molar-refractivity contribution in [3.05, 3.63) is 73.7 Å². The lowest BCUT2D eigenvalue weighted by atomic mass is 10.2. The largest absolute Gasteiger partial charge is 0.495 e. The van der Waals surface area contributed by atoms with Crippen LogP contribution in [0.2, 0.25) is 5.02 Å². The van der Waals surface area contributed by atoms with E-state index in [1.807, 2.05) is 17.5 Å². The van der Waals surface area contributed by atoms with E-state index in [2.05, 4.69) is 15.8 Å². The quantitative estimate of drug-likeness (QED) is 0.362. The molecule has 174 valence electrons. The Morgan fingerprint density at radius 1 is 1.18 bits per heavy atom. The van der Waals surface area contributed by atoms with Gasteiger partial charge in [-0.15, -0.1) is 22.7 Å². The van der Waals surface area contributed by atoms with E-state index in [-0.39, 0.29) is 17.4 Å². The minimum atomic E-state index is -0.451. The predicted octanol–water partition coefficient (Wildman–Crippen LogP) is 4.41. The lowest BCUT2D eigenvalue weighted by molar-refractivity contribution is -0.119. The molecule has 4 rings (SSSR count). The van der Waals surface area contributed by atoms with Gasteiger partial charge in [0.2, 0.25) is 5.91 Å². The number of carbonyl (C=O) groups excluding carboxylic acids is 3. The third-order valence-electron chi connectivity index (χ3n) is 4.44. The number of halogens is 1. The first kappa shape index (κ1) is 24.0. The maximum atomic E-state index is 13.2. The van der Waals surface area contributed by atoms with Crippen molar-refractivity contribution in [2.75, 3.05) is 17.8 Å². The molecule has 0 saturated heterocycles. The van der Waals surface area contributed by atoms with Crippen LogP contribution >= 0.6 is 46.0 Å². The zero-order valence-electron chi connectivity index (χ0n) is 17.6. The summed E-state index contributed by atoms with van der Waals surface area (Å²) in [5.74, 6) is -0.809. The number of aliphatic imine (C=N–C) groups is 1. The van der Waals surface area contributed by atoms with Crippen LogP contribution in [0.4, 0.5) is 5.69 Å². The summed E-state index contributed by atoms with van der Waals surface area (Å²) >= 11 is 10.1. The summed E-state index contributed by atoms with van der Waals surface area (Å²) in [5, 5.41) is 4.32. The minimum absolute atomic E-state index is 0.0799. The summed E-state index contributed by atoms with van der Waals surface area (Å²) in [6.45, 7) is 0. The number of anilines is 1. The number of hydrogen-bond acceptors (Lipinski definition) is 8. The van der Waals surface area contributed by atoms with Crippen molar-refractivity contribution in [3.63, 3.8) is 0 Å². The highest BCUT2D eigenvalue weighted by Gasteiger charge is 2.33. The molecule has 0 fully saturated rings. The van der Waals surface area contributed by atoms with E-state index in [0.717, 1.165) is 16.6 Å². The number of carbonyl (C=O) groups is 3. The molecule has 2 N–H and O–H groups in total. The molecule has 1 aliphatic rings. The Labute approximate surface area is 212 Å². The van der Waals surface area contributed by atoms with Gasteiger partial charge in [0.1, 0.15) is 11.4 Å². The van der Waals surface area contributed by atoms with E-state index in [1.54, 1.807) is 41.8 Å². The van der Waals surface area contributed by atoms with Crippen LogP contribution in [0.5, 0.6) is 5.75 Å². The third-order valence-corrected chi connectivity index (χ3v) is 7.36. The van der Waals surface area contributed by atoms with Gasteiger partial charge in [0.15, 0.2) is 5.17 Å². The topological polar surface area (TPSA) is 100 Å². The lowest BCUT2D eigenvalue weighted by Gasteiger charge is -2.18. The molecule has 3 amide bonds. The summed E-state index contributed by atoms with van der Waals surface area (Å²) in [5.41, 5.74) is 5.47. The number of thiophene rings is 2. The number of amides is 3. The first-order chi connectivity index (χ1) is 16.5. The maximum absolute atomic E-state index is 13.2. The average molecular weight is 533 g/mol. The SMILES string of the molecule is COc1ccc(N2C(=O)C(=Cc3cccs3)N=C2SCC(=O)NNC(=O)c2cccs2)cc1Cl. The fraction of sp³-hybridized carbons (Fsp3) is 0.0909. The number of methoxy groups -OCH3 is 1. The highest BCUT2D eigenvalue weighted by atomic mass is 35.5. The molecule has 12 heteroatoms. The van der Waals surface area contributed by atoms with Gasteiger partial charge in [-0.3, -0.25) is 30.1 Å². The predicted molar refractivity (Wildman–Crippen MR) is 138 cm³/mol. The zero-order valence-corrected chi connectivity index (χ0v) is 20.8. The number of thioether (sulfide) groups is 1. The number of hydrogen-bond donors (Lipinski definition) is 2. The van der Waals surface area contributed by atoms with Gasteiger partial charge in [0.05, 0.1) is 28.4 Å². The van der Waals surface area contributed by atoms with Gasteiger partial charge in [-0.2, -0.15) is 0 Å². The molecular weight excluding hydrogens is 516 g/mol. The molecule has 2 aromatic heterocycles. The molecule has 1 aromatic carbocycles. The van der Waals surface area contributed by atoms with Crippen LogP contribution in [0.1, 0.15) is 14.5 Å². The Kier molecular flexibility index (Phi) is 7.68. The van der Waals surface area contributed by atoms with E-state index < -0.39 is 11.8 Å². The number of ether oxygens (including phenoxy) is 1. The summed E-state index contributed by atoms with van der Waals surface area (Å²) in [7, 11) is 1.50. The normalized spacial score (nSPS) is 14.3. The van der Waals surface area contributed by atoms with Gasteiger partial charge in [-0.1, -0.05) is 35.5 Å². The minimum Gasteiger partial charge on any atom is -0.495 e. The van der Waals surface area contributed by atoms with E-state index in [1.165, 1.54) is 34.7 Å². The number of benzene rings is 1. The molecule has 0 aliphatic carbocycles. The van der Waals surface area contributed by atoms with E-state index in [4.69, 9.17) is 16.3 Å². The van der Waals surface area contributed by atoms with Gasteiger partial charge in [0, 0.05) is 4.88 Å². The molecule has 0 radical (unpaired) electrons. The summed E-state index contributed by atoms with van der Waals surface area (Å²) in [6, 6.07) is 12.1. The Morgan fingerprint density at radius 3 is 2.65 bits per heavy atom. The van der Waals surface area contributed by atoms with Crippen molar-refractivity contribution >= 4 is 80.7 Å². The molecule has 34 heavy (non-hydrogen) atoms. The zero-order chi connectivity index (χ0) is 24.1. The third kappa shape index (κ3) is 5.50. The summed E-state index contributed by atoms with van der Waals surface area (Å²) in [4.78, 5) is 44.7. The van der Waals surface area contributed by atoms with Crippen molar-refractivity contribution < 1.29 is 19.1 Å². The van der Waals surface area contributed by atoms with Gasteiger partial charge in [-0.25, -0.2) is 4.99 Å². The van der Waals surface area contributed by atoms with Crippen molar-refractivity contribution in [3.8, 4) is 5.75 Å². The van der Waals surface area contributed by atoms with Crippen molar-refractivity contribution in [2.45, 2.75) is 0 Å². The second-order valence-electron chi connectivity index (χ2n) is 6.67. The smallest absolute Gasteiger partial charge is 0.283 e. The molecule has 1 aliphatic heterocycles. The fourth-order valence-corrected chi connectivity index (χ4v) is 5.22. The van der Waals surface area contributed by atoms with Gasteiger partial charge >= 0.3 is 0 Å². The first-order valence-electron chi connectivity index (χ1n) is 9.73. The highest BCUT2D eigenvalue weighted by molar-refractivity contribution is 8.14. The number of rotatable bonds is 6. The molecule has 0 unspecified atom stereocenters. The standard InChI is InChI=1S/C22H17ClN4O4S3/c1-31-17-7-6-13(10-15(17)23)27-21(30)16(11-14-4-2-8-32-14)24-22(27)34-12-19(28)25-26-20(29)18-5-3-9-33-18/h2-11H,12H2,1H3,(H,25,28)(H,26,29). The molecule has 8 nitrogen and oxygen atoms in total. The summed E-state index contributed by atoms with van der Waals surface area (Å²) in [6.07, 6.45) is 1.69. The molecule has 0 bridgehead atoms. The van der Waals surface area contributed by atoms with Crippen LogP contribution in [0.25, 0.3) is 6.08 Å². The van der Waals surface area contributed by atoms with Crippen LogP contribution in [-0.2, 0) is 9.59 Å².